The number of sulfonamides is 1. The Hall–Kier alpha value is -2.44. The van der Waals surface area contributed by atoms with Gasteiger partial charge in [-0.3, -0.25) is 4.79 Å². The number of nitrogens with zero attached hydrogens (tertiary/aromatic N) is 1. The van der Waals surface area contributed by atoms with Gasteiger partial charge in [0.05, 0.1) is 17.9 Å². The lowest BCUT2D eigenvalue weighted by molar-refractivity contribution is -0.119. The summed E-state index contributed by atoms with van der Waals surface area (Å²) in [4.78, 5) is 13.7. The summed E-state index contributed by atoms with van der Waals surface area (Å²) in [6.07, 6.45) is 4.74. The van der Waals surface area contributed by atoms with Gasteiger partial charge in [-0.1, -0.05) is 18.2 Å². The zero-order valence-corrected chi connectivity index (χ0v) is 24.3. The standard InChI is InChI=1S/C30H40F2N4O4S/c1-40-24-13-15-30(16-14-24,20-7-9-21(31)10-8-20)28(33)29(37)35-27-6-2-5-26(32)25(27)12-11-23-18-34-22-4-3-17-41(38,39)36(23)19-22/h2,5-10,22-24,28,34H,3-4,11-19,33H2,1H3,(H,35,37)/t22-,23+,24?,28-,30?/m1/s1. The number of nitrogens with two attached hydrogens (primary N) is 1. The summed E-state index contributed by atoms with van der Waals surface area (Å²) >= 11 is 0. The number of halogens is 2. The molecular weight excluding hydrogens is 550 g/mol. The molecule has 2 bridgehead atoms. The average Bonchev–Trinajstić information content (AvgIpc) is 3.08. The summed E-state index contributed by atoms with van der Waals surface area (Å²) < 4.78 is 61.8. The van der Waals surface area contributed by atoms with Crippen LogP contribution in [-0.2, 0) is 31.4 Å². The highest BCUT2D eigenvalue weighted by atomic mass is 32.2. The number of anilines is 1. The highest BCUT2D eigenvalue weighted by Crippen LogP contribution is 2.43. The van der Waals surface area contributed by atoms with Gasteiger partial charge < -0.3 is 21.1 Å². The first kappa shape index (κ1) is 30.0. The molecule has 5 rings (SSSR count). The second-order valence-electron chi connectivity index (χ2n) is 11.7. The molecule has 3 fully saturated rings. The van der Waals surface area contributed by atoms with E-state index in [-0.39, 0.29) is 36.2 Å². The zero-order chi connectivity index (χ0) is 29.2. The summed E-state index contributed by atoms with van der Waals surface area (Å²) in [5.41, 5.74) is 7.39. The van der Waals surface area contributed by atoms with Gasteiger partial charge in [0.15, 0.2) is 0 Å². The van der Waals surface area contributed by atoms with Crippen molar-refractivity contribution in [3.8, 4) is 0 Å². The molecule has 4 atom stereocenters. The molecule has 11 heteroatoms. The number of carbonyl (C=O) groups is 1. The van der Waals surface area contributed by atoms with Crippen LogP contribution < -0.4 is 16.4 Å². The van der Waals surface area contributed by atoms with Crippen molar-refractivity contribution in [1.82, 2.24) is 9.62 Å². The summed E-state index contributed by atoms with van der Waals surface area (Å²) in [6, 6.07) is 9.52. The van der Waals surface area contributed by atoms with E-state index in [1.807, 2.05) is 0 Å². The number of amides is 1. The van der Waals surface area contributed by atoms with Crippen LogP contribution in [0.25, 0.3) is 0 Å². The number of fused-ring (bicyclic) bond motifs is 2. The van der Waals surface area contributed by atoms with Crippen LogP contribution in [0.4, 0.5) is 14.5 Å². The van der Waals surface area contributed by atoms with E-state index in [1.54, 1.807) is 29.6 Å². The van der Waals surface area contributed by atoms with E-state index in [0.29, 0.717) is 62.9 Å². The zero-order valence-electron chi connectivity index (χ0n) is 23.5. The Balaban J connectivity index is 1.34. The SMILES string of the molecule is COC1CCC(c2ccc(F)cc2)([C@H](N)C(=O)Nc2cccc(F)c2CC[C@H]2CN[C@@H]3CCCS(=O)(=O)N2C3)CC1. The summed E-state index contributed by atoms with van der Waals surface area (Å²) in [6.45, 7) is 0.936. The van der Waals surface area contributed by atoms with Gasteiger partial charge >= 0.3 is 0 Å². The smallest absolute Gasteiger partial charge is 0.242 e. The molecule has 1 unspecified atom stereocenters. The largest absolute Gasteiger partial charge is 0.381 e. The lowest BCUT2D eigenvalue weighted by Crippen LogP contribution is -2.57. The monoisotopic (exact) mass is 590 g/mol. The number of ether oxygens (including phenoxy) is 1. The van der Waals surface area contributed by atoms with Crippen LogP contribution in [0.3, 0.4) is 0 Å². The maximum atomic E-state index is 15.2. The fourth-order valence-electron chi connectivity index (χ4n) is 6.85. The third-order valence-electron chi connectivity index (χ3n) is 9.32. The topological polar surface area (TPSA) is 114 Å². The second kappa shape index (κ2) is 12.4. The molecular formula is C30H40F2N4O4S. The number of nitrogens with one attached hydrogen (secondary N) is 2. The quantitative estimate of drug-likeness (QED) is 0.434. The van der Waals surface area contributed by atoms with Crippen molar-refractivity contribution in [2.45, 2.75) is 81.0 Å². The molecule has 0 aromatic heterocycles. The van der Waals surface area contributed by atoms with Gasteiger partial charge in [-0.15, -0.1) is 0 Å². The van der Waals surface area contributed by atoms with E-state index in [0.717, 1.165) is 12.0 Å². The van der Waals surface area contributed by atoms with Gasteiger partial charge in [0.25, 0.3) is 0 Å². The number of methoxy groups -OCH3 is 1. The van der Waals surface area contributed by atoms with E-state index in [2.05, 4.69) is 10.6 Å². The summed E-state index contributed by atoms with van der Waals surface area (Å²) in [5.74, 6) is -1.16. The van der Waals surface area contributed by atoms with Gasteiger partial charge in [0.2, 0.25) is 15.9 Å². The molecule has 2 aliphatic heterocycles. The van der Waals surface area contributed by atoms with E-state index < -0.39 is 33.2 Å². The Labute approximate surface area is 241 Å². The fourth-order valence-corrected chi connectivity index (χ4v) is 8.66. The maximum absolute atomic E-state index is 15.2. The first-order valence-electron chi connectivity index (χ1n) is 14.5. The van der Waals surface area contributed by atoms with E-state index in [9.17, 15) is 17.6 Å². The molecule has 1 amide bonds. The van der Waals surface area contributed by atoms with Crippen LogP contribution in [0.5, 0.6) is 0 Å². The van der Waals surface area contributed by atoms with Crippen molar-refractivity contribution >= 4 is 21.6 Å². The number of rotatable bonds is 8. The predicted octanol–water partition coefficient (Wildman–Crippen LogP) is 3.46. The van der Waals surface area contributed by atoms with Gasteiger partial charge in [-0.05, 0) is 81.2 Å². The fraction of sp³-hybridized carbons (Fsp3) is 0.567. The van der Waals surface area contributed by atoms with Gasteiger partial charge in [-0.25, -0.2) is 17.2 Å². The molecule has 4 N–H and O–H groups in total. The first-order chi connectivity index (χ1) is 19.6. The third-order valence-corrected chi connectivity index (χ3v) is 11.3. The number of hydrogen-bond donors (Lipinski definition) is 3. The predicted molar refractivity (Wildman–Crippen MR) is 154 cm³/mol. The number of hydrogen-bond acceptors (Lipinski definition) is 6. The molecule has 2 heterocycles. The van der Waals surface area contributed by atoms with Crippen molar-refractivity contribution in [1.29, 1.82) is 0 Å². The van der Waals surface area contributed by atoms with Crippen molar-refractivity contribution in [2.24, 2.45) is 5.73 Å². The Morgan fingerprint density at radius 1 is 1.17 bits per heavy atom. The van der Waals surface area contributed by atoms with Gasteiger partial charge in [0, 0.05) is 48.9 Å². The van der Waals surface area contributed by atoms with Crippen molar-refractivity contribution in [3.63, 3.8) is 0 Å². The van der Waals surface area contributed by atoms with Crippen LogP contribution in [0.1, 0.15) is 56.1 Å². The molecule has 8 nitrogen and oxygen atoms in total. The minimum absolute atomic E-state index is 0.0613. The van der Waals surface area contributed by atoms with Crippen molar-refractivity contribution in [2.75, 3.05) is 31.3 Å². The normalized spacial score (nSPS) is 30.2. The molecule has 224 valence electrons. The highest BCUT2D eigenvalue weighted by molar-refractivity contribution is 7.89. The van der Waals surface area contributed by atoms with E-state index in [1.165, 1.54) is 24.3 Å². The minimum Gasteiger partial charge on any atom is -0.381 e. The molecule has 1 aliphatic carbocycles. The average molecular weight is 591 g/mol. The molecule has 3 aliphatic rings. The molecule has 2 aromatic rings. The third kappa shape index (κ3) is 6.34. The van der Waals surface area contributed by atoms with Crippen molar-refractivity contribution < 1.29 is 26.7 Å². The Morgan fingerprint density at radius 2 is 1.90 bits per heavy atom. The molecule has 0 radical (unpaired) electrons. The Kier molecular flexibility index (Phi) is 9.10. The highest BCUT2D eigenvalue weighted by Gasteiger charge is 2.45. The van der Waals surface area contributed by atoms with Gasteiger partial charge in [-0.2, -0.15) is 4.31 Å². The van der Waals surface area contributed by atoms with Crippen LogP contribution in [0, 0.1) is 11.6 Å². The van der Waals surface area contributed by atoms with Crippen LogP contribution in [0.15, 0.2) is 42.5 Å². The maximum Gasteiger partial charge on any atom is 0.242 e. The Bertz CT molecular complexity index is 1330. The molecule has 2 aromatic carbocycles. The van der Waals surface area contributed by atoms with Crippen molar-refractivity contribution in [3.05, 3.63) is 65.2 Å². The molecule has 41 heavy (non-hydrogen) atoms. The van der Waals surface area contributed by atoms with E-state index in [4.69, 9.17) is 10.5 Å². The van der Waals surface area contributed by atoms with Crippen LogP contribution in [-0.4, -0.2) is 68.8 Å². The summed E-state index contributed by atoms with van der Waals surface area (Å²) in [5, 5.41) is 6.32. The molecule has 1 saturated carbocycles. The number of benzene rings is 2. The van der Waals surface area contributed by atoms with Gasteiger partial charge in [0.1, 0.15) is 11.6 Å². The molecule has 0 spiro atoms. The van der Waals surface area contributed by atoms with E-state index >= 15 is 4.39 Å². The lowest BCUT2D eigenvalue weighted by atomic mass is 9.64. The first-order valence-corrected chi connectivity index (χ1v) is 16.1. The number of piperazine rings is 1. The van der Waals surface area contributed by atoms with Crippen LogP contribution in [0.2, 0.25) is 0 Å². The lowest BCUT2D eigenvalue weighted by Gasteiger charge is -2.43. The van der Waals surface area contributed by atoms with Crippen LogP contribution >= 0.6 is 0 Å². The molecule has 2 saturated heterocycles. The summed E-state index contributed by atoms with van der Waals surface area (Å²) in [7, 11) is -1.70. The Morgan fingerprint density at radius 3 is 2.61 bits per heavy atom. The minimum atomic E-state index is -3.37. The second-order valence-corrected chi connectivity index (χ2v) is 13.7. The number of carbonyl (C=O) groups excluding carboxylic acids is 1.